The first kappa shape index (κ1) is 17.7. The Labute approximate surface area is 153 Å². The second kappa shape index (κ2) is 7.00. The van der Waals surface area contributed by atoms with Crippen molar-refractivity contribution in [3.8, 4) is 5.75 Å². The van der Waals surface area contributed by atoms with E-state index < -0.39 is 5.91 Å². The molecule has 4 heteroatoms. The standard InChI is InChI=1S/C22H22N2O2/c1-22(2,3)18-10-8-15(9-11-18)14-23-24-21(26)19-12-16-6-4-5-7-17(16)13-20(19)25/h4-14,25H,1-3H3,(H,24,26)/b23-14+. The van der Waals surface area contributed by atoms with Gasteiger partial charge in [0.2, 0.25) is 0 Å². The van der Waals surface area contributed by atoms with Gasteiger partial charge in [0, 0.05) is 0 Å². The van der Waals surface area contributed by atoms with Crippen molar-refractivity contribution >= 4 is 22.9 Å². The molecule has 0 aliphatic carbocycles. The molecular formula is C22H22N2O2. The van der Waals surface area contributed by atoms with Gasteiger partial charge in [0.05, 0.1) is 11.8 Å². The van der Waals surface area contributed by atoms with Gasteiger partial charge in [-0.05, 0) is 39.4 Å². The lowest BCUT2D eigenvalue weighted by molar-refractivity contribution is 0.0952. The van der Waals surface area contributed by atoms with E-state index in [4.69, 9.17) is 0 Å². The van der Waals surface area contributed by atoms with Crippen LogP contribution in [0.4, 0.5) is 0 Å². The van der Waals surface area contributed by atoms with Crippen molar-refractivity contribution in [2.24, 2.45) is 5.10 Å². The fraction of sp³-hybridized carbons (Fsp3) is 0.182. The van der Waals surface area contributed by atoms with Crippen LogP contribution in [0.1, 0.15) is 42.3 Å². The van der Waals surface area contributed by atoms with Gasteiger partial charge in [0.1, 0.15) is 5.75 Å². The number of hydrazone groups is 1. The molecule has 3 aromatic rings. The van der Waals surface area contributed by atoms with Gasteiger partial charge in [-0.2, -0.15) is 5.10 Å². The summed E-state index contributed by atoms with van der Waals surface area (Å²) in [7, 11) is 0. The van der Waals surface area contributed by atoms with E-state index in [0.717, 1.165) is 16.3 Å². The summed E-state index contributed by atoms with van der Waals surface area (Å²) in [6, 6.07) is 18.8. The second-order valence-corrected chi connectivity index (χ2v) is 7.29. The highest BCUT2D eigenvalue weighted by atomic mass is 16.3. The summed E-state index contributed by atoms with van der Waals surface area (Å²) in [5, 5.41) is 15.8. The lowest BCUT2D eigenvalue weighted by Gasteiger charge is -2.18. The van der Waals surface area contributed by atoms with Gasteiger partial charge in [0.25, 0.3) is 5.91 Å². The third-order valence-corrected chi connectivity index (χ3v) is 4.27. The molecule has 3 aromatic carbocycles. The number of phenolic OH excluding ortho intramolecular Hbond substituents is 1. The zero-order valence-electron chi connectivity index (χ0n) is 15.2. The molecule has 26 heavy (non-hydrogen) atoms. The van der Waals surface area contributed by atoms with E-state index in [1.54, 1.807) is 18.3 Å². The fourth-order valence-electron chi connectivity index (χ4n) is 2.70. The lowest BCUT2D eigenvalue weighted by atomic mass is 9.87. The molecule has 0 saturated heterocycles. The highest BCUT2D eigenvalue weighted by molar-refractivity contribution is 6.01. The van der Waals surface area contributed by atoms with Crippen LogP contribution in [0.5, 0.6) is 5.75 Å². The number of benzene rings is 3. The third-order valence-electron chi connectivity index (χ3n) is 4.27. The van der Waals surface area contributed by atoms with E-state index in [1.165, 1.54) is 5.56 Å². The molecule has 0 heterocycles. The number of aromatic hydroxyl groups is 1. The molecule has 0 aromatic heterocycles. The Balaban J connectivity index is 1.72. The molecule has 0 bridgehead atoms. The van der Waals surface area contributed by atoms with Crippen molar-refractivity contribution in [1.82, 2.24) is 5.43 Å². The third kappa shape index (κ3) is 3.91. The number of phenols is 1. The first-order chi connectivity index (χ1) is 12.3. The summed E-state index contributed by atoms with van der Waals surface area (Å²) in [6.45, 7) is 6.48. The molecular weight excluding hydrogens is 324 g/mol. The number of nitrogens with zero attached hydrogens (tertiary/aromatic N) is 1. The highest BCUT2D eigenvalue weighted by Crippen LogP contribution is 2.25. The van der Waals surface area contributed by atoms with Gasteiger partial charge in [-0.15, -0.1) is 0 Å². The number of hydrogen-bond acceptors (Lipinski definition) is 3. The number of rotatable bonds is 3. The minimum atomic E-state index is -0.448. The van der Waals surface area contributed by atoms with Crippen LogP contribution in [0.3, 0.4) is 0 Å². The van der Waals surface area contributed by atoms with Crippen LogP contribution in [0.2, 0.25) is 0 Å². The highest BCUT2D eigenvalue weighted by Gasteiger charge is 2.13. The van der Waals surface area contributed by atoms with Crippen molar-refractivity contribution in [3.05, 3.63) is 77.4 Å². The molecule has 0 aliphatic heterocycles. The maximum atomic E-state index is 12.3. The van der Waals surface area contributed by atoms with E-state index in [-0.39, 0.29) is 16.7 Å². The molecule has 0 unspecified atom stereocenters. The Morgan fingerprint density at radius 3 is 2.23 bits per heavy atom. The van der Waals surface area contributed by atoms with Crippen LogP contribution in [0.25, 0.3) is 10.8 Å². The summed E-state index contributed by atoms with van der Waals surface area (Å²) in [6.07, 6.45) is 1.59. The lowest BCUT2D eigenvalue weighted by Crippen LogP contribution is -2.17. The van der Waals surface area contributed by atoms with Crippen LogP contribution >= 0.6 is 0 Å². The van der Waals surface area contributed by atoms with Crippen molar-refractivity contribution in [1.29, 1.82) is 0 Å². The number of nitrogens with one attached hydrogen (secondary N) is 1. The summed E-state index contributed by atoms with van der Waals surface area (Å²) < 4.78 is 0. The molecule has 3 rings (SSSR count). The van der Waals surface area contributed by atoms with Gasteiger partial charge in [-0.3, -0.25) is 4.79 Å². The molecule has 0 radical (unpaired) electrons. The summed E-state index contributed by atoms with van der Waals surface area (Å²) in [4.78, 5) is 12.3. The van der Waals surface area contributed by atoms with E-state index in [0.29, 0.717) is 0 Å². The van der Waals surface area contributed by atoms with Crippen LogP contribution in [-0.4, -0.2) is 17.2 Å². The molecule has 0 saturated carbocycles. The van der Waals surface area contributed by atoms with Crippen molar-refractivity contribution < 1.29 is 9.90 Å². The fourth-order valence-corrected chi connectivity index (χ4v) is 2.70. The number of hydrogen-bond donors (Lipinski definition) is 2. The smallest absolute Gasteiger partial charge is 0.275 e. The van der Waals surface area contributed by atoms with Crippen LogP contribution in [-0.2, 0) is 5.41 Å². The quantitative estimate of drug-likeness (QED) is 0.537. The first-order valence-corrected chi connectivity index (χ1v) is 8.50. The van der Waals surface area contributed by atoms with Gasteiger partial charge < -0.3 is 5.11 Å². The molecule has 2 N–H and O–H groups in total. The van der Waals surface area contributed by atoms with E-state index >= 15 is 0 Å². The van der Waals surface area contributed by atoms with Gasteiger partial charge >= 0.3 is 0 Å². The molecule has 0 atom stereocenters. The van der Waals surface area contributed by atoms with E-state index in [2.05, 4.69) is 43.4 Å². The largest absolute Gasteiger partial charge is 0.507 e. The zero-order chi connectivity index (χ0) is 18.7. The SMILES string of the molecule is CC(C)(C)c1ccc(/C=N/NC(=O)c2cc3ccccc3cc2O)cc1. The summed E-state index contributed by atoms with van der Waals surface area (Å²) in [5.41, 5.74) is 4.89. The van der Waals surface area contributed by atoms with Crippen LogP contribution in [0, 0.1) is 0 Å². The monoisotopic (exact) mass is 346 g/mol. The Bertz CT molecular complexity index is 968. The normalized spacial score (nSPS) is 11.8. The average molecular weight is 346 g/mol. The average Bonchev–Trinajstić information content (AvgIpc) is 2.60. The maximum Gasteiger partial charge on any atom is 0.275 e. The summed E-state index contributed by atoms with van der Waals surface area (Å²) >= 11 is 0. The van der Waals surface area contributed by atoms with Crippen molar-refractivity contribution in [3.63, 3.8) is 0 Å². The Morgan fingerprint density at radius 2 is 1.62 bits per heavy atom. The molecule has 4 nitrogen and oxygen atoms in total. The topological polar surface area (TPSA) is 61.7 Å². The first-order valence-electron chi connectivity index (χ1n) is 8.50. The van der Waals surface area contributed by atoms with E-state index in [1.807, 2.05) is 36.4 Å². The minimum Gasteiger partial charge on any atom is -0.507 e. The predicted molar refractivity (Wildman–Crippen MR) is 106 cm³/mol. The Kier molecular flexibility index (Phi) is 4.76. The van der Waals surface area contributed by atoms with Crippen molar-refractivity contribution in [2.45, 2.75) is 26.2 Å². The molecule has 132 valence electrons. The molecule has 0 spiro atoms. The van der Waals surface area contributed by atoms with Gasteiger partial charge in [0.15, 0.2) is 0 Å². The Hall–Kier alpha value is -3.14. The van der Waals surface area contributed by atoms with Crippen LogP contribution < -0.4 is 5.43 Å². The van der Waals surface area contributed by atoms with Crippen LogP contribution in [0.15, 0.2) is 65.8 Å². The van der Waals surface area contributed by atoms with Gasteiger partial charge in [-0.25, -0.2) is 5.43 Å². The Morgan fingerprint density at radius 1 is 1.00 bits per heavy atom. The zero-order valence-corrected chi connectivity index (χ0v) is 15.2. The number of fused-ring (bicyclic) bond motifs is 1. The molecule has 0 aliphatic rings. The second-order valence-electron chi connectivity index (χ2n) is 7.29. The minimum absolute atomic E-state index is 0.0640. The number of carbonyl (C=O) groups is 1. The molecule has 0 fully saturated rings. The maximum absolute atomic E-state index is 12.3. The van der Waals surface area contributed by atoms with Gasteiger partial charge in [-0.1, -0.05) is 69.3 Å². The van der Waals surface area contributed by atoms with Crippen molar-refractivity contribution in [2.75, 3.05) is 0 Å². The number of amides is 1. The predicted octanol–water partition coefficient (Wildman–Crippen LogP) is 4.61. The van der Waals surface area contributed by atoms with E-state index in [9.17, 15) is 9.90 Å². The summed E-state index contributed by atoms with van der Waals surface area (Å²) in [5.74, 6) is -0.512. The number of carbonyl (C=O) groups excluding carboxylic acids is 1. The molecule has 1 amide bonds.